The first-order valence-corrected chi connectivity index (χ1v) is 9.59. The number of aryl methyl sites for hydroxylation is 1. The average molecular weight is 385 g/mol. The van der Waals surface area contributed by atoms with E-state index in [1.807, 2.05) is 24.3 Å². The second-order valence-corrected chi connectivity index (χ2v) is 7.09. The number of nitrogens with zero attached hydrogens (tertiary/aromatic N) is 4. The highest BCUT2D eigenvalue weighted by atomic mass is 32.1. The minimum absolute atomic E-state index is 0.0362. The first-order chi connectivity index (χ1) is 13.2. The van der Waals surface area contributed by atoms with Crippen molar-refractivity contribution in [2.45, 2.75) is 13.3 Å². The van der Waals surface area contributed by atoms with E-state index in [1.165, 1.54) is 27.6 Å². The predicted octanol–water partition coefficient (Wildman–Crippen LogP) is 1.80. The number of benzene rings is 1. The normalized spacial score (nSPS) is 14.5. The molecule has 1 aromatic carbocycles. The summed E-state index contributed by atoms with van der Waals surface area (Å²) in [7, 11) is 0. The molecule has 1 aliphatic heterocycles. The zero-order valence-electron chi connectivity index (χ0n) is 14.8. The minimum atomic E-state index is -0.493. The van der Waals surface area contributed by atoms with Gasteiger partial charge in [0.15, 0.2) is 0 Å². The fourth-order valence-electron chi connectivity index (χ4n) is 2.84. The number of hydrogen-bond donors (Lipinski definition) is 1. The summed E-state index contributed by atoms with van der Waals surface area (Å²) in [4.78, 5) is 32.0. The van der Waals surface area contributed by atoms with E-state index in [0.717, 1.165) is 19.5 Å². The summed E-state index contributed by atoms with van der Waals surface area (Å²) in [6.07, 6.45) is 2.24. The number of anilines is 2. The molecule has 4 rings (SSSR count). The van der Waals surface area contributed by atoms with Crippen LogP contribution in [-0.2, 0) is 11.2 Å². The van der Waals surface area contributed by atoms with E-state index in [9.17, 15) is 9.59 Å². The molecule has 0 atom stereocenters. The Bertz CT molecular complexity index is 1020. The molecule has 1 aliphatic rings. The molecule has 27 heavy (non-hydrogen) atoms. The number of ether oxygens (including phenoxy) is 1. The van der Waals surface area contributed by atoms with Crippen LogP contribution in [-0.4, -0.2) is 46.8 Å². The number of amides is 1. The summed E-state index contributed by atoms with van der Waals surface area (Å²) in [6.45, 7) is 4.76. The molecule has 9 heteroatoms. The van der Waals surface area contributed by atoms with E-state index in [4.69, 9.17) is 4.74 Å². The molecule has 1 fully saturated rings. The minimum Gasteiger partial charge on any atom is -0.378 e. The van der Waals surface area contributed by atoms with Crippen molar-refractivity contribution in [3.8, 4) is 0 Å². The quantitative estimate of drug-likeness (QED) is 0.737. The molecule has 0 unspecified atom stereocenters. The molecule has 8 nitrogen and oxygen atoms in total. The first kappa shape index (κ1) is 17.6. The first-order valence-electron chi connectivity index (χ1n) is 8.77. The van der Waals surface area contributed by atoms with Crippen molar-refractivity contribution < 1.29 is 9.53 Å². The van der Waals surface area contributed by atoms with Gasteiger partial charge >= 0.3 is 0 Å². The second-order valence-electron chi connectivity index (χ2n) is 6.16. The molecule has 0 radical (unpaired) electrons. The maximum atomic E-state index is 12.7. The molecule has 3 heterocycles. The Morgan fingerprint density at radius 2 is 2.00 bits per heavy atom. The van der Waals surface area contributed by atoms with E-state index in [2.05, 4.69) is 27.2 Å². The number of hydrogen-bond acceptors (Lipinski definition) is 7. The zero-order valence-corrected chi connectivity index (χ0v) is 15.7. The van der Waals surface area contributed by atoms with Crippen LogP contribution in [0.2, 0.25) is 0 Å². The van der Waals surface area contributed by atoms with Gasteiger partial charge in [-0.3, -0.25) is 9.59 Å². The van der Waals surface area contributed by atoms with Crippen LogP contribution >= 0.6 is 11.3 Å². The van der Waals surface area contributed by atoms with Crippen LogP contribution in [0.25, 0.3) is 4.96 Å². The largest absolute Gasteiger partial charge is 0.378 e. The third-order valence-electron chi connectivity index (χ3n) is 4.42. The highest BCUT2D eigenvalue weighted by molar-refractivity contribution is 7.20. The van der Waals surface area contributed by atoms with Gasteiger partial charge in [0.2, 0.25) is 10.1 Å². The van der Waals surface area contributed by atoms with Crippen molar-refractivity contribution in [1.29, 1.82) is 0 Å². The van der Waals surface area contributed by atoms with Gasteiger partial charge in [0.1, 0.15) is 5.56 Å². The van der Waals surface area contributed by atoms with Gasteiger partial charge in [-0.05, 0) is 24.1 Å². The topological polar surface area (TPSA) is 88.8 Å². The van der Waals surface area contributed by atoms with Crippen molar-refractivity contribution in [1.82, 2.24) is 14.6 Å². The monoisotopic (exact) mass is 385 g/mol. The van der Waals surface area contributed by atoms with Crippen molar-refractivity contribution >= 4 is 33.0 Å². The summed E-state index contributed by atoms with van der Waals surface area (Å²) in [5, 5.41) is 7.81. The molecule has 1 N–H and O–H groups in total. The Kier molecular flexibility index (Phi) is 4.87. The Labute approximate surface area is 159 Å². The molecule has 0 bridgehead atoms. The van der Waals surface area contributed by atoms with E-state index < -0.39 is 11.5 Å². The van der Waals surface area contributed by atoms with Crippen LogP contribution < -0.4 is 15.8 Å². The summed E-state index contributed by atoms with van der Waals surface area (Å²) in [5.41, 5.74) is 1.30. The number of nitrogens with one attached hydrogen (secondary N) is 1. The third-order valence-corrected chi connectivity index (χ3v) is 5.41. The summed E-state index contributed by atoms with van der Waals surface area (Å²) in [6, 6.07) is 7.53. The molecule has 1 amide bonds. The van der Waals surface area contributed by atoms with Gasteiger partial charge in [-0.2, -0.15) is 4.52 Å². The van der Waals surface area contributed by atoms with E-state index in [1.54, 1.807) is 0 Å². The molecular formula is C18H19N5O3S. The van der Waals surface area contributed by atoms with Gasteiger partial charge < -0.3 is 15.0 Å². The Hall–Kier alpha value is -2.78. The lowest BCUT2D eigenvalue weighted by molar-refractivity contribution is 0.102. The molecule has 0 spiro atoms. The van der Waals surface area contributed by atoms with Gasteiger partial charge in [-0.25, -0.2) is 4.98 Å². The van der Waals surface area contributed by atoms with Crippen LogP contribution in [0, 0.1) is 0 Å². The standard InChI is InChI=1S/C18H19N5O3S/c1-2-12-3-5-13(6-4-12)20-15(24)14-11-19-17-23(16(14)25)21-18(27-17)22-7-9-26-10-8-22/h3-6,11H,2,7-10H2,1H3,(H,20,24). The number of aromatic nitrogens is 3. The van der Waals surface area contributed by atoms with Gasteiger partial charge in [-0.15, -0.1) is 5.10 Å². The average Bonchev–Trinajstić information content (AvgIpc) is 3.15. The van der Waals surface area contributed by atoms with E-state index >= 15 is 0 Å². The maximum absolute atomic E-state index is 12.7. The van der Waals surface area contributed by atoms with Gasteiger partial charge in [0.05, 0.1) is 13.2 Å². The Balaban J connectivity index is 1.60. The Morgan fingerprint density at radius 3 is 2.70 bits per heavy atom. The van der Waals surface area contributed by atoms with Crippen molar-refractivity contribution in [2.75, 3.05) is 36.5 Å². The molecule has 2 aromatic heterocycles. The number of rotatable bonds is 4. The molecule has 3 aromatic rings. The highest BCUT2D eigenvalue weighted by Crippen LogP contribution is 2.22. The van der Waals surface area contributed by atoms with Crippen molar-refractivity contribution in [3.63, 3.8) is 0 Å². The number of fused-ring (bicyclic) bond motifs is 1. The number of carbonyl (C=O) groups is 1. The van der Waals surface area contributed by atoms with Gasteiger partial charge in [0.25, 0.3) is 11.5 Å². The smallest absolute Gasteiger partial charge is 0.288 e. The molecular weight excluding hydrogens is 366 g/mol. The lowest BCUT2D eigenvalue weighted by Gasteiger charge is -2.25. The molecule has 0 aliphatic carbocycles. The van der Waals surface area contributed by atoms with Crippen molar-refractivity contribution in [2.24, 2.45) is 0 Å². The van der Waals surface area contributed by atoms with Crippen LogP contribution in [0.4, 0.5) is 10.8 Å². The molecule has 1 saturated heterocycles. The summed E-state index contributed by atoms with van der Waals surface area (Å²) >= 11 is 1.33. The number of carbonyl (C=O) groups excluding carboxylic acids is 1. The molecule has 140 valence electrons. The second kappa shape index (κ2) is 7.45. The fraction of sp³-hybridized carbons (Fsp3) is 0.333. The fourth-order valence-corrected chi connectivity index (χ4v) is 3.75. The highest BCUT2D eigenvalue weighted by Gasteiger charge is 2.20. The van der Waals surface area contributed by atoms with Gasteiger partial charge in [0, 0.05) is 25.0 Å². The maximum Gasteiger partial charge on any atom is 0.288 e. The summed E-state index contributed by atoms with van der Waals surface area (Å²) < 4.78 is 6.54. The lowest BCUT2D eigenvalue weighted by atomic mass is 10.1. The van der Waals surface area contributed by atoms with E-state index in [-0.39, 0.29) is 5.56 Å². The SMILES string of the molecule is CCc1ccc(NC(=O)c2cnc3sc(N4CCOCC4)nn3c2=O)cc1. The zero-order chi connectivity index (χ0) is 18.8. The molecule has 0 saturated carbocycles. The van der Waals surface area contributed by atoms with Crippen LogP contribution in [0.1, 0.15) is 22.8 Å². The van der Waals surface area contributed by atoms with Crippen LogP contribution in [0.3, 0.4) is 0 Å². The lowest BCUT2D eigenvalue weighted by Crippen LogP contribution is -2.36. The predicted molar refractivity (Wildman–Crippen MR) is 104 cm³/mol. The van der Waals surface area contributed by atoms with Gasteiger partial charge in [-0.1, -0.05) is 30.4 Å². The van der Waals surface area contributed by atoms with Crippen molar-refractivity contribution in [3.05, 3.63) is 51.9 Å². The van der Waals surface area contributed by atoms with Crippen LogP contribution in [0.15, 0.2) is 35.3 Å². The Morgan fingerprint density at radius 1 is 1.26 bits per heavy atom. The number of morpholine rings is 1. The summed E-state index contributed by atoms with van der Waals surface area (Å²) in [5.74, 6) is -0.493. The van der Waals surface area contributed by atoms with E-state index in [0.29, 0.717) is 29.0 Å². The third kappa shape index (κ3) is 3.56. The van der Waals surface area contributed by atoms with Crippen LogP contribution in [0.5, 0.6) is 0 Å².